The third-order valence-corrected chi connectivity index (χ3v) is 7.40. The maximum Gasteiger partial charge on any atom is 0.303 e. The van der Waals surface area contributed by atoms with E-state index in [0.29, 0.717) is 25.3 Å². The number of carbonyl (C=O) groups excluding carboxylic acids is 4. The molecule has 1 aliphatic heterocycles. The molecule has 4 rings (SSSR count). The summed E-state index contributed by atoms with van der Waals surface area (Å²) in [4.78, 5) is 57.7. The monoisotopic (exact) mass is 589 g/mol. The third kappa shape index (κ3) is 8.53. The van der Waals surface area contributed by atoms with Crippen LogP contribution in [0.2, 0.25) is 0 Å². The molecule has 2 heterocycles. The molecule has 1 N–H and O–H groups in total. The first-order chi connectivity index (χ1) is 20.6. The summed E-state index contributed by atoms with van der Waals surface area (Å²) in [6, 6.07) is 18.8. The van der Waals surface area contributed by atoms with Gasteiger partial charge in [-0.05, 0) is 37.3 Å². The molecule has 0 radical (unpaired) electrons. The first-order valence-corrected chi connectivity index (χ1v) is 14.6. The number of carbonyl (C=O) groups is 4. The molecule has 2 amide bonds. The number of rotatable bonds is 12. The third-order valence-electron chi connectivity index (χ3n) is 7.40. The molecular formula is C33H39N3O7. The molecule has 2 aromatic carbocycles. The molecule has 5 atom stereocenters. The molecule has 1 aliphatic rings. The van der Waals surface area contributed by atoms with Crippen molar-refractivity contribution < 1.29 is 33.1 Å². The van der Waals surface area contributed by atoms with Crippen LogP contribution in [0.25, 0.3) is 0 Å². The number of likely N-dealkylation sites (tertiary alicyclic amines) is 1. The maximum absolute atomic E-state index is 13.8. The van der Waals surface area contributed by atoms with Gasteiger partial charge in [0, 0.05) is 38.8 Å². The van der Waals surface area contributed by atoms with Crippen LogP contribution in [0.5, 0.6) is 0 Å². The van der Waals surface area contributed by atoms with Gasteiger partial charge in [0.15, 0.2) is 5.89 Å². The highest BCUT2D eigenvalue weighted by Gasteiger charge is 2.44. The van der Waals surface area contributed by atoms with E-state index in [9.17, 15) is 19.2 Å². The van der Waals surface area contributed by atoms with Crippen molar-refractivity contribution in [1.82, 2.24) is 15.2 Å². The Balaban J connectivity index is 1.45. The Morgan fingerprint density at radius 1 is 0.953 bits per heavy atom. The molecule has 1 saturated heterocycles. The van der Waals surface area contributed by atoms with Crippen molar-refractivity contribution in [2.75, 3.05) is 6.54 Å². The van der Waals surface area contributed by atoms with Gasteiger partial charge in [0.1, 0.15) is 6.26 Å². The Morgan fingerprint density at radius 3 is 2.23 bits per heavy atom. The Kier molecular flexibility index (Phi) is 10.7. The molecule has 10 nitrogen and oxygen atoms in total. The lowest BCUT2D eigenvalue weighted by Crippen LogP contribution is -2.55. The number of benzene rings is 2. The van der Waals surface area contributed by atoms with Crippen molar-refractivity contribution in [1.29, 1.82) is 0 Å². The largest absolute Gasteiger partial charge is 0.448 e. The molecule has 3 unspecified atom stereocenters. The molecule has 0 saturated carbocycles. The van der Waals surface area contributed by atoms with Crippen LogP contribution in [0.3, 0.4) is 0 Å². The summed E-state index contributed by atoms with van der Waals surface area (Å²) in [6.45, 7) is 6.43. The maximum atomic E-state index is 13.8. The zero-order chi connectivity index (χ0) is 30.9. The molecule has 1 aromatic heterocycles. The average Bonchev–Trinajstić information content (AvgIpc) is 3.65. The molecule has 0 bridgehead atoms. The fourth-order valence-electron chi connectivity index (χ4n) is 5.52. The van der Waals surface area contributed by atoms with Crippen LogP contribution in [0.4, 0.5) is 0 Å². The molecule has 3 aromatic rings. The van der Waals surface area contributed by atoms with Gasteiger partial charge in [-0.3, -0.25) is 19.2 Å². The fraction of sp³-hybridized carbons (Fsp3) is 0.424. The topological polar surface area (TPSA) is 128 Å². The van der Waals surface area contributed by atoms with Gasteiger partial charge in [0.05, 0.1) is 11.7 Å². The molecule has 10 heteroatoms. The van der Waals surface area contributed by atoms with Gasteiger partial charge < -0.3 is 24.1 Å². The zero-order valence-electron chi connectivity index (χ0n) is 25.0. The quantitative estimate of drug-likeness (QED) is 0.306. The van der Waals surface area contributed by atoms with Crippen LogP contribution in [0.15, 0.2) is 71.3 Å². The lowest BCUT2D eigenvalue weighted by atomic mass is 10.0. The van der Waals surface area contributed by atoms with E-state index in [1.807, 2.05) is 67.6 Å². The van der Waals surface area contributed by atoms with Gasteiger partial charge in [0.25, 0.3) is 11.8 Å². The summed E-state index contributed by atoms with van der Waals surface area (Å²) in [5.41, 5.74) is 2.86. The number of aromatic nitrogens is 1. The second kappa shape index (κ2) is 14.6. The van der Waals surface area contributed by atoms with E-state index < -0.39 is 42.0 Å². The van der Waals surface area contributed by atoms with Crippen molar-refractivity contribution in [2.45, 2.75) is 83.6 Å². The number of amides is 2. The number of esters is 2. The fourth-order valence-corrected chi connectivity index (χ4v) is 5.52. The summed E-state index contributed by atoms with van der Waals surface area (Å²) in [5.74, 6) is -2.48. The smallest absolute Gasteiger partial charge is 0.303 e. The van der Waals surface area contributed by atoms with Crippen LogP contribution < -0.4 is 5.32 Å². The van der Waals surface area contributed by atoms with Gasteiger partial charge in [-0.25, -0.2) is 4.98 Å². The van der Waals surface area contributed by atoms with Crippen LogP contribution >= 0.6 is 0 Å². The number of nitrogens with zero attached hydrogens (tertiary/aromatic N) is 2. The molecule has 0 aliphatic carbocycles. The van der Waals surface area contributed by atoms with Crippen molar-refractivity contribution in [3.8, 4) is 0 Å². The Labute approximate surface area is 251 Å². The minimum Gasteiger partial charge on any atom is -0.448 e. The predicted octanol–water partition coefficient (Wildman–Crippen LogP) is 4.49. The van der Waals surface area contributed by atoms with Crippen LogP contribution in [-0.2, 0) is 35.1 Å². The highest BCUT2D eigenvalue weighted by atomic mass is 16.6. The summed E-state index contributed by atoms with van der Waals surface area (Å²) >= 11 is 0. The number of hydrogen-bond acceptors (Lipinski definition) is 8. The summed E-state index contributed by atoms with van der Waals surface area (Å²) in [5, 5.41) is 2.83. The Bertz CT molecular complexity index is 1390. The molecule has 0 spiro atoms. The van der Waals surface area contributed by atoms with Gasteiger partial charge >= 0.3 is 11.9 Å². The van der Waals surface area contributed by atoms with E-state index in [1.165, 1.54) is 0 Å². The van der Waals surface area contributed by atoms with Gasteiger partial charge in [-0.15, -0.1) is 0 Å². The first-order valence-electron chi connectivity index (χ1n) is 14.6. The Morgan fingerprint density at radius 2 is 1.58 bits per heavy atom. The predicted molar refractivity (Wildman–Crippen MR) is 158 cm³/mol. The molecule has 43 heavy (non-hydrogen) atoms. The van der Waals surface area contributed by atoms with E-state index in [-0.39, 0.29) is 12.0 Å². The lowest BCUT2D eigenvalue weighted by Gasteiger charge is -2.32. The van der Waals surface area contributed by atoms with Crippen molar-refractivity contribution in [3.63, 3.8) is 0 Å². The Hall–Kier alpha value is -4.47. The minimum atomic E-state index is -1.66. The molecule has 228 valence electrons. The summed E-state index contributed by atoms with van der Waals surface area (Å²) in [6.07, 6.45) is 0.890. The second-order valence-corrected chi connectivity index (χ2v) is 11.0. The lowest BCUT2D eigenvalue weighted by molar-refractivity contribution is -0.178. The summed E-state index contributed by atoms with van der Waals surface area (Å²) in [7, 11) is 0. The SMILES string of the molecule is CC(=O)O[C@@H](C(=O)NC(C)CC(C)c1nc(Cc2ccccc2)co1)[C@@H](OC(C)=O)C(=O)N1CCCC1c1ccccc1. The normalized spacial score (nSPS) is 17.4. The average molecular weight is 590 g/mol. The minimum absolute atomic E-state index is 0.144. The van der Waals surface area contributed by atoms with E-state index in [1.54, 1.807) is 18.1 Å². The second-order valence-electron chi connectivity index (χ2n) is 11.0. The highest BCUT2D eigenvalue weighted by molar-refractivity contribution is 5.94. The van der Waals surface area contributed by atoms with E-state index in [4.69, 9.17) is 13.9 Å². The van der Waals surface area contributed by atoms with E-state index in [2.05, 4.69) is 10.3 Å². The molecular weight excluding hydrogens is 550 g/mol. The van der Waals surface area contributed by atoms with E-state index >= 15 is 0 Å². The van der Waals surface area contributed by atoms with E-state index in [0.717, 1.165) is 43.5 Å². The molecule has 1 fully saturated rings. The van der Waals surface area contributed by atoms with Crippen molar-refractivity contribution >= 4 is 23.8 Å². The van der Waals surface area contributed by atoms with Gasteiger partial charge in [-0.2, -0.15) is 0 Å². The van der Waals surface area contributed by atoms with Crippen LogP contribution in [0, 0.1) is 0 Å². The first kappa shape index (κ1) is 31.5. The number of oxazole rings is 1. The van der Waals surface area contributed by atoms with Crippen LogP contribution in [0.1, 0.15) is 81.6 Å². The zero-order valence-corrected chi connectivity index (χ0v) is 25.0. The highest BCUT2D eigenvalue weighted by Crippen LogP contribution is 2.33. The van der Waals surface area contributed by atoms with Gasteiger partial charge in [-0.1, -0.05) is 67.6 Å². The van der Waals surface area contributed by atoms with Crippen molar-refractivity contribution in [3.05, 3.63) is 89.6 Å². The number of hydrogen-bond donors (Lipinski definition) is 1. The number of ether oxygens (including phenoxy) is 2. The van der Waals surface area contributed by atoms with Gasteiger partial charge in [0.2, 0.25) is 12.2 Å². The number of nitrogens with one attached hydrogen (secondary N) is 1. The van der Waals surface area contributed by atoms with Crippen LogP contribution in [-0.4, -0.2) is 58.4 Å². The van der Waals surface area contributed by atoms with Crippen molar-refractivity contribution in [2.24, 2.45) is 0 Å². The summed E-state index contributed by atoms with van der Waals surface area (Å²) < 4.78 is 16.4. The standard InChI is InChI=1S/C33H39N3O7/c1-21(32-35-27(20-41-32)19-25-12-7-5-8-13-25)18-22(2)34-31(39)29(42-23(3)37)30(43-24(4)38)33(40)36-17-11-16-28(36)26-14-9-6-10-15-26/h5-10,12-15,20-22,28-30H,11,16-19H2,1-4H3,(H,34,39)/t21?,22?,28?,29-,30-/m1/s1.